The molecule has 2 aliphatic heterocycles. The van der Waals surface area contributed by atoms with E-state index in [1.54, 1.807) is 24.3 Å². The van der Waals surface area contributed by atoms with Crippen LogP contribution in [0.5, 0.6) is 0 Å². The van der Waals surface area contributed by atoms with Gasteiger partial charge >= 0.3 is 15.9 Å². The Balaban J connectivity index is 1.51. The molecule has 7 nitrogen and oxygen atoms in total. The van der Waals surface area contributed by atoms with Crippen molar-refractivity contribution in [3.8, 4) is 0 Å². The SMILES string of the molecule is CC(=O)[N+]1(S(=O)(=O)c2ccc(F)cc2)c2ccc(C(=O)NCc3ccccc3Cl)cc2C2(CCNCC2)C1C1CC1. The number of nitrogens with one attached hydrogen (secondary N) is 2. The van der Waals surface area contributed by atoms with Crippen LogP contribution in [0.1, 0.15) is 54.1 Å². The normalized spacial score (nSPS) is 23.2. The lowest BCUT2D eigenvalue weighted by molar-refractivity contribution is -0.126. The van der Waals surface area contributed by atoms with E-state index in [0.717, 1.165) is 36.1 Å². The fraction of sp³-hybridized carbons (Fsp3) is 0.355. The van der Waals surface area contributed by atoms with Crippen molar-refractivity contribution in [2.45, 2.75) is 55.5 Å². The van der Waals surface area contributed by atoms with E-state index in [1.807, 2.05) is 18.2 Å². The Kier molecular flexibility index (Phi) is 7.05. The Morgan fingerprint density at radius 3 is 2.37 bits per heavy atom. The first-order valence-electron chi connectivity index (χ1n) is 13.9. The van der Waals surface area contributed by atoms with Gasteiger partial charge in [0.1, 0.15) is 16.8 Å². The summed E-state index contributed by atoms with van der Waals surface area (Å²) in [5.74, 6) is -1.34. The first kappa shape index (κ1) is 28.0. The van der Waals surface area contributed by atoms with Crippen LogP contribution in [0.2, 0.25) is 5.02 Å². The Morgan fingerprint density at radius 2 is 1.73 bits per heavy atom. The van der Waals surface area contributed by atoms with Crippen molar-refractivity contribution >= 4 is 39.1 Å². The molecule has 2 fully saturated rings. The summed E-state index contributed by atoms with van der Waals surface area (Å²) in [5, 5.41) is 6.87. The summed E-state index contributed by atoms with van der Waals surface area (Å²) in [7, 11) is -4.36. The molecule has 1 spiro atoms. The lowest BCUT2D eigenvalue weighted by atomic mass is 9.68. The van der Waals surface area contributed by atoms with Gasteiger partial charge in [-0.25, -0.2) is 9.18 Å². The zero-order valence-corrected chi connectivity index (χ0v) is 24.3. The molecule has 0 radical (unpaired) electrons. The summed E-state index contributed by atoms with van der Waals surface area (Å²) >= 11 is 6.27. The zero-order chi connectivity index (χ0) is 29.0. The number of carbonyl (C=O) groups excluding carboxylic acids is 2. The molecular weight excluding hydrogens is 565 g/mol. The number of hydrogen-bond acceptors (Lipinski definition) is 5. The maximum atomic E-state index is 14.7. The number of rotatable bonds is 6. The van der Waals surface area contributed by atoms with Gasteiger partial charge in [-0.3, -0.25) is 4.79 Å². The number of sulfonamides is 1. The maximum absolute atomic E-state index is 14.7. The van der Waals surface area contributed by atoms with Crippen molar-refractivity contribution < 1.29 is 22.4 Å². The minimum absolute atomic E-state index is 0.0251. The second-order valence-corrected chi connectivity index (χ2v) is 13.7. The van der Waals surface area contributed by atoms with E-state index >= 15 is 0 Å². The van der Waals surface area contributed by atoms with Gasteiger partial charge in [0.25, 0.3) is 5.91 Å². The van der Waals surface area contributed by atoms with Crippen LogP contribution in [0.4, 0.5) is 10.1 Å². The smallest absolute Gasteiger partial charge is 0.339 e. The molecule has 10 heteroatoms. The van der Waals surface area contributed by atoms with Gasteiger partial charge in [0.2, 0.25) is 0 Å². The van der Waals surface area contributed by atoms with Crippen molar-refractivity contribution in [3.05, 3.63) is 94.3 Å². The van der Waals surface area contributed by atoms with Crippen molar-refractivity contribution in [2.24, 2.45) is 5.92 Å². The molecular formula is C31H32ClFN3O4S+. The van der Waals surface area contributed by atoms with Crippen LogP contribution in [-0.4, -0.2) is 39.4 Å². The number of amides is 2. The standard InChI is InChI=1S/C31H31ClFN3O4S/c1-20(37)36(41(39,40)25-11-9-24(33)10-12-25)28-13-8-22(30(38)35-19-23-4-2-3-5-27(23)32)18-26(28)31(14-16-34-17-15-31)29(36)21-6-7-21/h2-5,8-13,18,21,29,34H,6-7,14-17,19H2,1H3/p+1. The molecule has 0 bridgehead atoms. The summed E-state index contributed by atoms with van der Waals surface area (Å²) in [6.45, 7) is 2.91. The lowest BCUT2D eigenvalue weighted by Gasteiger charge is -2.43. The van der Waals surface area contributed by atoms with E-state index < -0.39 is 37.1 Å². The molecule has 1 saturated heterocycles. The maximum Gasteiger partial charge on any atom is 0.339 e. The summed E-state index contributed by atoms with van der Waals surface area (Å²) in [5.41, 5.74) is 1.68. The molecule has 2 amide bonds. The number of piperidine rings is 1. The minimum atomic E-state index is -4.36. The van der Waals surface area contributed by atoms with Gasteiger partial charge in [-0.2, -0.15) is 8.42 Å². The van der Waals surface area contributed by atoms with E-state index in [2.05, 4.69) is 10.6 Å². The van der Waals surface area contributed by atoms with E-state index in [9.17, 15) is 22.4 Å². The highest BCUT2D eigenvalue weighted by Gasteiger charge is 2.73. The third kappa shape index (κ3) is 4.33. The topological polar surface area (TPSA) is 92.3 Å². The minimum Gasteiger partial charge on any atom is -0.348 e. The molecule has 214 valence electrons. The number of halogens is 2. The van der Waals surface area contributed by atoms with Gasteiger partial charge in [0.15, 0.2) is 5.69 Å². The number of quaternary nitrogens is 1. The largest absolute Gasteiger partial charge is 0.348 e. The number of benzene rings is 3. The van der Waals surface area contributed by atoms with E-state index in [1.165, 1.54) is 19.1 Å². The molecule has 1 saturated carbocycles. The fourth-order valence-electron chi connectivity index (χ4n) is 7.13. The van der Waals surface area contributed by atoms with Crippen LogP contribution in [0.15, 0.2) is 71.6 Å². The predicted octanol–water partition coefficient (Wildman–Crippen LogP) is 5.07. The van der Waals surface area contributed by atoms with E-state index in [-0.39, 0.29) is 23.3 Å². The predicted molar refractivity (Wildman–Crippen MR) is 155 cm³/mol. The van der Waals surface area contributed by atoms with Crippen LogP contribution < -0.4 is 14.5 Å². The van der Waals surface area contributed by atoms with Crippen LogP contribution in [0, 0.1) is 11.7 Å². The van der Waals surface area contributed by atoms with Crippen LogP contribution in [0.25, 0.3) is 0 Å². The van der Waals surface area contributed by atoms with Crippen molar-refractivity contribution in [1.29, 1.82) is 0 Å². The summed E-state index contributed by atoms with van der Waals surface area (Å²) in [6.07, 6.45) is 2.92. The molecule has 6 rings (SSSR count). The second-order valence-electron chi connectivity index (χ2n) is 11.3. The second kappa shape index (κ2) is 10.3. The molecule has 3 aromatic rings. The van der Waals surface area contributed by atoms with Gasteiger partial charge in [0.05, 0.1) is 12.3 Å². The van der Waals surface area contributed by atoms with Gasteiger partial charge in [-0.1, -0.05) is 29.8 Å². The van der Waals surface area contributed by atoms with E-state index in [0.29, 0.717) is 42.2 Å². The molecule has 2 atom stereocenters. The third-order valence-electron chi connectivity index (χ3n) is 9.03. The van der Waals surface area contributed by atoms with E-state index in [4.69, 9.17) is 11.6 Å². The molecule has 1 aliphatic carbocycles. The monoisotopic (exact) mass is 596 g/mol. The Labute approximate surface area is 244 Å². The summed E-state index contributed by atoms with van der Waals surface area (Å²) < 4.78 is 42.3. The Hall–Kier alpha value is -3.11. The first-order chi connectivity index (χ1) is 19.6. The van der Waals surface area contributed by atoms with Crippen molar-refractivity contribution in [2.75, 3.05) is 13.1 Å². The van der Waals surface area contributed by atoms with Crippen LogP contribution >= 0.6 is 11.6 Å². The number of hydrogen-bond donors (Lipinski definition) is 2. The fourth-order valence-corrected chi connectivity index (χ4v) is 9.57. The number of carbonyl (C=O) groups is 2. The molecule has 0 aromatic heterocycles. The molecule has 41 heavy (non-hydrogen) atoms. The van der Waals surface area contributed by atoms with Gasteiger partial charge in [-0.05, 0) is 86.8 Å². The third-order valence-corrected chi connectivity index (χ3v) is 11.7. The van der Waals surface area contributed by atoms with Gasteiger partial charge in [0, 0.05) is 34.7 Å². The molecule has 2 heterocycles. The molecule has 3 aliphatic rings. The molecule has 3 aromatic carbocycles. The summed E-state index contributed by atoms with van der Waals surface area (Å²) in [6, 6.07) is 16.5. The zero-order valence-electron chi connectivity index (χ0n) is 22.7. The Bertz CT molecular complexity index is 1640. The average Bonchev–Trinajstić information content (AvgIpc) is 3.77. The molecule has 2 unspecified atom stereocenters. The van der Waals surface area contributed by atoms with Gasteiger partial charge in [-0.15, -0.1) is 3.89 Å². The number of fused-ring (bicyclic) bond motifs is 2. The quantitative estimate of drug-likeness (QED) is 0.388. The first-order valence-corrected chi connectivity index (χ1v) is 15.7. The average molecular weight is 597 g/mol. The highest BCUT2D eigenvalue weighted by atomic mass is 35.5. The summed E-state index contributed by atoms with van der Waals surface area (Å²) in [4.78, 5) is 27.2. The van der Waals surface area contributed by atoms with Crippen LogP contribution in [-0.2, 0) is 26.8 Å². The highest BCUT2D eigenvalue weighted by molar-refractivity contribution is 7.91. The Morgan fingerprint density at radius 1 is 1.05 bits per heavy atom. The lowest BCUT2D eigenvalue weighted by Crippen LogP contribution is -2.67. The van der Waals surface area contributed by atoms with Crippen molar-refractivity contribution in [3.63, 3.8) is 0 Å². The van der Waals surface area contributed by atoms with Crippen LogP contribution in [0.3, 0.4) is 0 Å². The van der Waals surface area contributed by atoms with Crippen molar-refractivity contribution in [1.82, 2.24) is 14.5 Å². The number of nitrogens with zero attached hydrogens (tertiary/aromatic N) is 1. The van der Waals surface area contributed by atoms with Gasteiger partial charge < -0.3 is 10.6 Å². The highest BCUT2D eigenvalue weighted by Crippen LogP contribution is 2.62. The molecule has 2 N–H and O–H groups in total.